The van der Waals surface area contributed by atoms with E-state index in [4.69, 9.17) is 0 Å². The average Bonchev–Trinajstić information content (AvgIpc) is 1.99. The second-order valence-corrected chi connectivity index (χ2v) is 5.19. The van der Waals surface area contributed by atoms with Crippen LogP contribution >= 0.6 is 0 Å². The first-order valence-corrected chi connectivity index (χ1v) is 5.18. The van der Waals surface area contributed by atoms with Crippen molar-refractivity contribution in [1.82, 2.24) is 4.90 Å². The molecule has 0 saturated heterocycles. The van der Waals surface area contributed by atoms with Gasteiger partial charge in [0.25, 0.3) is 0 Å². The maximum Gasteiger partial charge on any atom is 0.308 e. The van der Waals surface area contributed by atoms with E-state index in [0.29, 0.717) is 6.54 Å². The van der Waals surface area contributed by atoms with E-state index in [1.807, 2.05) is 11.9 Å². The summed E-state index contributed by atoms with van der Waals surface area (Å²) in [5.41, 5.74) is 0.194. The summed E-state index contributed by atoms with van der Waals surface area (Å²) in [5, 5.41) is 9.58. The molecule has 0 aliphatic carbocycles. The van der Waals surface area contributed by atoms with Gasteiger partial charge in [0.05, 0.1) is 19.6 Å². The Kier molecular flexibility index (Phi) is 5.83. The predicted octanol–water partition coefficient (Wildman–Crippen LogP) is 0.888. The SMILES string of the molecule is COC(=O)CC(O)CN(C)CC(C)(C)C. The Balaban J connectivity index is 3.86. The van der Waals surface area contributed by atoms with Gasteiger partial charge >= 0.3 is 5.97 Å². The number of likely N-dealkylation sites (N-methyl/N-ethyl adjacent to an activating group) is 1. The maximum absolute atomic E-state index is 10.9. The van der Waals surface area contributed by atoms with E-state index in [-0.39, 0.29) is 17.8 Å². The molecule has 1 N–H and O–H groups in total. The smallest absolute Gasteiger partial charge is 0.308 e. The normalized spacial score (nSPS) is 14.1. The fourth-order valence-corrected chi connectivity index (χ4v) is 1.57. The zero-order valence-electron chi connectivity index (χ0n) is 10.4. The summed E-state index contributed by atoms with van der Waals surface area (Å²) in [6.45, 7) is 7.78. The first-order valence-electron chi connectivity index (χ1n) is 5.18. The van der Waals surface area contributed by atoms with Gasteiger partial charge in [0.15, 0.2) is 0 Å². The monoisotopic (exact) mass is 217 g/mol. The third kappa shape index (κ3) is 8.39. The summed E-state index contributed by atoms with van der Waals surface area (Å²) < 4.78 is 4.49. The second kappa shape index (κ2) is 6.08. The number of hydrogen-bond acceptors (Lipinski definition) is 4. The van der Waals surface area contributed by atoms with Gasteiger partial charge in [0.1, 0.15) is 0 Å². The molecule has 1 atom stereocenters. The molecule has 0 aliphatic rings. The molecule has 0 saturated carbocycles. The average molecular weight is 217 g/mol. The van der Waals surface area contributed by atoms with Crippen molar-refractivity contribution in [2.45, 2.75) is 33.3 Å². The lowest BCUT2D eigenvalue weighted by atomic mass is 9.96. The van der Waals surface area contributed by atoms with E-state index in [1.165, 1.54) is 7.11 Å². The number of ether oxygens (including phenoxy) is 1. The van der Waals surface area contributed by atoms with E-state index in [0.717, 1.165) is 6.54 Å². The van der Waals surface area contributed by atoms with Gasteiger partial charge in [-0.2, -0.15) is 0 Å². The molecule has 0 fully saturated rings. The fraction of sp³-hybridized carbons (Fsp3) is 0.909. The summed E-state index contributed by atoms with van der Waals surface area (Å²) in [4.78, 5) is 12.9. The van der Waals surface area contributed by atoms with Crippen molar-refractivity contribution in [2.75, 3.05) is 27.2 Å². The highest BCUT2D eigenvalue weighted by Gasteiger charge is 2.17. The Hall–Kier alpha value is -0.610. The number of aliphatic hydroxyl groups excluding tert-OH is 1. The van der Waals surface area contributed by atoms with Crippen LogP contribution in [0.5, 0.6) is 0 Å². The zero-order valence-corrected chi connectivity index (χ0v) is 10.4. The topological polar surface area (TPSA) is 49.8 Å². The van der Waals surface area contributed by atoms with Crippen molar-refractivity contribution in [3.05, 3.63) is 0 Å². The van der Waals surface area contributed by atoms with E-state index < -0.39 is 6.10 Å². The van der Waals surface area contributed by atoms with Crippen molar-refractivity contribution in [2.24, 2.45) is 5.41 Å². The second-order valence-electron chi connectivity index (χ2n) is 5.19. The fourth-order valence-electron chi connectivity index (χ4n) is 1.57. The van der Waals surface area contributed by atoms with Crippen LogP contribution in [0.1, 0.15) is 27.2 Å². The molecule has 0 rings (SSSR count). The Morgan fingerprint density at radius 2 is 2.00 bits per heavy atom. The summed E-state index contributed by atoms with van der Waals surface area (Å²) in [7, 11) is 3.26. The molecule has 0 bridgehead atoms. The van der Waals surface area contributed by atoms with Crippen molar-refractivity contribution >= 4 is 5.97 Å². The van der Waals surface area contributed by atoms with Crippen molar-refractivity contribution in [3.8, 4) is 0 Å². The van der Waals surface area contributed by atoms with Gasteiger partial charge in [-0.25, -0.2) is 0 Å². The minimum Gasteiger partial charge on any atom is -0.469 e. The Bertz CT molecular complexity index is 198. The zero-order chi connectivity index (χ0) is 12.1. The molecule has 0 heterocycles. The van der Waals surface area contributed by atoms with Gasteiger partial charge in [-0.15, -0.1) is 0 Å². The Labute approximate surface area is 92.2 Å². The van der Waals surface area contributed by atoms with Crippen molar-refractivity contribution in [3.63, 3.8) is 0 Å². The number of esters is 1. The lowest BCUT2D eigenvalue weighted by Crippen LogP contribution is -2.36. The summed E-state index contributed by atoms with van der Waals surface area (Å²) in [6.07, 6.45) is -0.588. The number of methoxy groups -OCH3 is 1. The molecular formula is C11H23NO3. The van der Waals surface area contributed by atoms with Gasteiger partial charge in [-0.1, -0.05) is 20.8 Å². The quantitative estimate of drug-likeness (QED) is 0.695. The predicted molar refractivity (Wildman–Crippen MR) is 59.6 cm³/mol. The molecule has 1 unspecified atom stereocenters. The van der Waals surface area contributed by atoms with Gasteiger partial charge in [-0.05, 0) is 12.5 Å². The van der Waals surface area contributed by atoms with E-state index in [1.54, 1.807) is 0 Å². The van der Waals surface area contributed by atoms with Crippen LogP contribution in [0.25, 0.3) is 0 Å². The molecule has 90 valence electrons. The van der Waals surface area contributed by atoms with Crippen LogP contribution in [0.2, 0.25) is 0 Å². The Morgan fingerprint density at radius 1 is 1.47 bits per heavy atom. The third-order valence-corrected chi connectivity index (χ3v) is 1.90. The minimum absolute atomic E-state index is 0.0605. The van der Waals surface area contributed by atoms with Crippen LogP contribution in [0.3, 0.4) is 0 Å². The molecule has 4 nitrogen and oxygen atoms in total. The van der Waals surface area contributed by atoms with E-state index in [9.17, 15) is 9.90 Å². The Morgan fingerprint density at radius 3 is 2.40 bits per heavy atom. The first-order chi connectivity index (χ1) is 6.74. The van der Waals surface area contributed by atoms with Gasteiger partial charge in [0, 0.05) is 13.1 Å². The first kappa shape index (κ1) is 14.4. The molecule has 0 aromatic rings. The highest BCUT2D eigenvalue weighted by atomic mass is 16.5. The number of nitrogens with zero attached hydrogens (tertiary/aromatic N) is 1. The summed E-state index contributed by atoms with van der Waals surface area (Å²) >= 11 is 0. The lowest BCUT2D eigenvalue weighted by Gasteiger charge is -2.27. The summed E-state index contributed by atoms with van der Waals surface area (Å²) in [5.74, 6) is -0.369. The lowest BCUT2D eigenvalue weighted by molar-refractivity contribution is -0.143. The summed E-state index contributed by atoms with van der Waals surface area (Å²) in [6, 6.07) is 0. The third-order valence-electron chi connectivity index (χ3n) is 1.90. The van der Waals surface area contributed by atoms with Gasteiger partial charge in [-0.3, -0.25) is 4.79 Å². The number of carbonyl (C=O) groups excluding carboxylic acids is 1. The molecule has 15 heavy (non-hydrogen) atoms. The van der Waals surface area contributed by atoms with Crippen molar-refractivity contribution in [1.29, 1.82) is 0 Å². The number of hydrogen-bond donors (Lipinski definition) is 1. The number of aliphatic hydroxyl groups is 1. The maximum atomic E-state index is 10.9. The van der Waals surface area contributed by atoms with Crippen LogP contribution in [-0.2, 0) is 9.53 Å². The van der Waals surface area contributed by atoms with E-state index >= 15 is 0 Å². The molecule has 0 aromatic heterocycles. The minimum atomic E-state index is -0.648. The molecular weight excluding hydrogens is 194 g/mol. The number of carbonyl (C=O) groups is 1. The number of rotatable bonds is 5. The molecule has 4 heteroatoms. The molecule has 0 amide bonds. The standard InChI is InChI=1S/C11H23NO3/c1-11(2,3)8-12(4)7-9(13)6-10(14)15-5/h9,13H,6-8H2,1-5H3. The van der Waals surface area contributed by atoms with E-state index in [2.05, 4.69) is 25.5 Å². The van der Waals surface area contributed by atoms with Crippen LogP contribution in [0.4, 0.5) is 0 Å². The van der Waals surface area contributed by atoms with Crippen LogP contribution in [0.15, 0.2) is 0 Å². The van der Waals surface area contributed by atoms with Crippen molar-refractivity contribution < 1.29 is 14.6 Å². The van der Waals surface area contributed by atoms with Crippen LogP contribution < -0.4 is 0 Å². The van der Waals surface area contributed by atoms with Crippen LogP contribution in [-0.4, -0.2) is 49.3 Å². The van der Waals surface area contributed by atoms with Gasteiger partial charge < -0.3 is 14.7 Å². The highest BCUT2D eigenvalue weighted by molar-refractivity contribution is 5.69. The molecule has 0 spiro atoms. The molecule has 0 radical (unpaired) electrons. The highest BCUT2D eigenvalue weighted by Crippen LogP contribution is 2.14. The largest absolute Gasteiger partial charge is 0.469 e. The van der Waals surface area contributed by atoms with Gasteiger partial charge in [0.2, 0.25) is 0 Å². The molecule has 0 aromatic carbocycles. The van der Waals surface area contributed by atoms with Crippen LogP contribution in [0, 0.1) is 5.41 Å². The molecule has 0 aliphatic heterocycles.